The summed E-state index contributed by atoms with van der Waals surface area (Å²) in [6.45, 7) is 0. The zero-order chi connectivity index (χ0) is 15.4. The van der Waals surface area contributed by atoms with Gasteiger partial charge in [0.1, 0.15) is 0 Å². The third-order valence-corrected chi connectivity index (χ3v) is 4.62. The summed E-state index contributed by atoms with van der Waals surface area (Å²) in [7, 11) is 0. The minimum atomic E-state index is -0.946. The molecule has 0 saturated heterocycles. The molecule has 2 rings (SSSR count). The van der Waals surface area contributed by atoms with Crippen molar-refractivity contribution in [2.45, 2.75) is 16.2 Å². The maximum absolute atomic E-state index is 11.1. The van der Waals surface area contributed by atoms with Crippen molar-refractivity contribution in [1.29, 1.82) is 0 Å². The number of rotatable bonds is 5. The molecular weight excluding hydrogens is 403 g/mol. The quantitative estimate of drug-likeness (QED) is 0.729. The van der Waals surface area contributed by atoms with Gasteiger partial charge in [-0.3, -0.25) is 4.79 Å². The Morgan fingerprint density at radius 1 is 1.00 bits per heavy atom. The van der Waals surface area contributed by atoms with Crippen molar-refractivity contribution < 1.29 is 19.8 Å². The van der Waals surface area contributed by atoms with Crippen LogP contribution in [0.4, 0.5) is 0 Å². The Hall–Kier alpha value is -1.54. The van der Waals surface area contributed by atoms with Crippen molar-refractivity contribution in [3.05, 3.63) is 57.2 Å². The van der Waals surface area contributed by atoms with E-state index < -0.39 is 11.9 Å². The fourth-order valence-corrected chi connectivity index (χ4v) is 3.14. The number of hydrogen-bond acceptors (Lipinski definition) is 3. The van der Waals surface area contributed by atoms with Crippen molar-refractivity contribution in [2.75, 3.05) is 0 Å². The molecule has 108 valence electrons. The van der Waals surface area contributed by atoms with Crippen LogP contribution in [0.15, 0.2) is 52.3 Å². The number of benzene rings is 2. The predicted octanol–water partition coefficient (Wildman–Crippen LogP) is 3.77. The van der Waals surface area contributed by atoms with Crippen LogP contribution >= 0.6 is 34.4 Å². The predicted molar refractivity (Wildman–Crippen MR) is 88.0 cm³/mol. The van der Waals surface area contributed by atoms with Gasteiger partial charge in [-0.15, -0.1) is 0 Å². The second kappa shape index (κ2) is 6.95. The fourth-order valence-electron chi connectivity index (χ4n) is 1.72. The molecule has 0 unspecified atom stereocenters. The molecule has 0 aliphatic heterocycles. The monoisotopic (exact) mass is 414 g/mol. The highest BCUT2D eigenvalue weighted by molar-refractivity contribution is 14.1. The molecular formula is C15H11IO4S. The number of hydrogen-bond donors (Lipinski definition) is 2. The zero-order valence-electron chi connectivity index (χ0n) is 10.7. The van der Waals surface area contributed by atoms with Gasteiger partial charge in [0.05, 0.1) is 12.0 Å². The van der Waals surface area contributed by atoms with Crippen molar-refractivity contribution in [2.24, 2.45) is 0 Å². The molecule has 4 nitrogen and oxygen atoms in total. The van der Waals surface area contributed by atoms with E-state index in [1.54, 1.807) is 24.3 Å². The lowest BCUT2D eigenvalue weighted by Gasteiger charge is -2.05. The van der Waals surface area contributed by atoms with Gasteiger partial charge in [0.15, 0.2) is 0 Å². The summed E-state index contributed by atoms with van der Waals surface area (Å²) in [5, 5.41) is 17.8. The van der Waals surface area contributed by atoms with E-state index in [0.29, 0.717) is 3.57 Å². The summed E-state index contributed by atoms with van der Waals surface area (Å²) in [5.74, 6) is -1.81. The Balaban J connectivity index is 2.16. The van der Waals surface area contributed by atoms with E-state index in [1.165, 1.54) is 11.8 Å². The molecule has 0 aliphatic carbocycles. The average Bonchev–Trinajstić information content (AvgIpc) is 2.42. The highest BCUT2D eigenvalue weighted by Crippen LogP contribution is 2.30. The summed E-state index contributed by atoms with van der Waals surface area (Å²) in [5.41, 5.74) is 1.02. The summed E-state index contributed by atoms with van der Waals surface area (Å²) in [4.78, 5) is 23.5. The highest BCUT2D eigenvalue weighted by atomic mass is 127. The van der Waals surface area contributed by atoms with Gasteiger partial charge < -0.3 is 10.2 Å². The minimum absolute atomic E-state index is 0.00234. The second-order valence-electron chi connectivity index (χ2n) is 4.26. The fraction of sp³-hybridized carbons (Fsp3) is 0.0667. The number of carboxylic acids is 2. The topological polar surface area (TPSA) is 74.6 Å². The first-order valence-corrected chi connectivity index (χ1v) is 7.86. The van der Waals surface area contributed by atoms with Gasteiger partial charge in [-0.25, -0.2) is 4.79 Å². The molecule has 21 heavy (non-hydrogen) atoms. The summed E-state index contributed by atoms with van der Waals surface area (Å²) < 4.78 is 0.696. The molecule has 0 fully saturated rings. The molecule has 0 aromatic heterocycles. The highest BCUT2D eigenvalue weighted by Gasteiger charge is 2.09. The van der Waals surface area contributed by atoms with Gasteiger partial charge >= 0.3 is 11.9 Å². The van der Waals surface area contributed by atoms with Gasteiger partial charge in [0, 0.05) is 13.4 Å². The molecule has 2 N–H and O–H groups in total. The van der Waals surface area contributed by atoms with Gasteiger partial charge in [-0.1, -0.05) is 23.9 Å². The Bertz CT molecular complexity index is 683. The van der Waals surface area contributed by atoms with E-state index in [4.69, 9.17) is 10.2 Å². The number of carbonyl (C=O) groups is 2. The molecule has 0 aliphatic rings. The molecule has 0 atom stereocenters. The number of aliphatic carboxylic acids is 1. The molecule has 2 aromatic carbocycles. The zero-order valence-corrected chi connectivity index (χ0v) is 13.7. The first-order chi connectivity index (χ1) is 9.95. The van der Waals surface area contributed by atoms with Crippen LogP contribution in [-0.4, -0.2) is 22.2 Å². The molecule has 6 heteroatoms. The number of aromatic carboxylic acids is 1. The Morgan fingerprint density at radius 2 is 1.62 bits per heavy atom. The number of halogens is 1. The maximum atomic E-state index is 11.1. The van der Waals surface area contributed by atoms with Gasteiger partial charge in [0.25, 0.3) is 0 Å². The summed E-state index contributed by atoms with van der Waals surface area (Å²) in [6, 6.07) is 12.5. The average molecular weight is 414 g/mol. The normalized spacial score (nSPS) is 10.3. The van der Waals surface area contributed by atoms with Gasteiger partial charge in [-0.05, 0) is 58.5 Å². The van der Waals surface area contributed by atoms with Gasteiger partial charge in [0.2, 0.25) is 0 Å². The van der Waals surface area contributed by atoms with Gasteiger partial charge in [-0.2, -0.15) is 0 Å². The van der Waals surface area contributed by atoms with E-state index in [9.17, 15) is 9.59 Å². The largest absolute Gasteiger partial charge is 0.481 e. The molecule has 2 aromatic rings. The smallest absolute Gasteiger partial charge is 0.336 e. The molecule has 0 radical (unpaired) electrons. The second-order valence-corrected chi connectivity index (χ2v) is 6.57. The van der Waals surface area contributed by atoms with Crippen LogP contribution in [-0.2, 0) is 11.2 Å². The van der Waals surface area contributed by atoms with Crippen LogP contribution in [0.3, 0.4) is 0 Å². The Morgan fingerprint density at radius 3 is 2.19 bits per heavy atom. The van der Waals surface area contributed by atoms with E-state index >= 15 is 0 Å². The lowest BCUT2D eigenvalue weighted by Crippen LogP contribution is -1.99. The molecule has 0 heterocycles. The van der Waals surface area contributed by atoms with Crippen LogP contribution in [0.2, 0.25) is 0 Å². The summed E-state index contributed by atoms with van der Waals surface area (Å²) >= 11 is 3.43. The van der Waals surface area contributed by atoms with Crippen LogP contribution in [0.25, 0.3) is 0 Å². The van der Waals surface area contributed by atoms with Crippen molar-refractivity contribution >= 4 is 46.3 Å². The third kappa shape index (κ3) is 4.47. The molecule has 0 saturated carbocycles. The van der Waals surface area contributed by atoms with Crippen LogP contribution < -0.4 is 0 Å². The van der Waals surface area contributed by atoms with E-state index in [1.807, 2.05) is 40.8 Å². The standard InChI is InChI=1S/C15H11IO4S/c16-13-6-5-11(8-12(13)15(19)20)21-10-3-1-9(2-4-10)7-14(17)18/h1-6,8H,7H2,(H,17,18)(H,19,20). The Kier molecular flexibility index (Phi) is 5.24. The maximum Gasteiger partial charge on any atom is 0.336 e. The van der Waals surface area contributed by atoms with Crippen molar-refractivity contribution in [1.82, 2.24) is 0 Å². The third-order valence-electron chi connectivity index (χ3n) is 2.68. The van der Waals surface area contributed by atoms with Crippen LogP contribution in [0.5, 0.6) is 0 Å². The number of carboxylic acid groups (broad SMARTS) is 2. The lowest BCUT2D eigenvalue weighted by molar-refractivity contribution is -0.136. The minimum Gasteiger partial charge on any atom is -0.481 e. The first kappa shape index (κ1) is 15.8. The Labute approximate surface area is 139 Å². The van der Waals surface area contributed by atoms with E-state index in [-0.39, 0.29) is 12.0 Å². The van der Waals surface area contributed by atoms with Crippen molar-refractivity contribution in [3.63, 3.8) is 0 Å². The molecule has 0 amide bonds. The SMILES string of the molecule is O=C(O)Cc1ccc(Sc2ccc(I)c(C(=O)O)c2)cc1. The lowest BCUT2D eigenvalue weighted by atomic mass is 10.2. The molecule has 0 spiro atoms. The van der Waals surface area contributed by atoms with Crippen LogP contribution in [0, 0.1) is 3.57 Å². The van der Waals surface area contributed by atoms with Crippen molar-refractivity contribution in [3.8, 4) is 0 Å². The first-order valence-electron chi connectivity index (χ1n) is 5.97. The van der Waals surface area contributed by atoms with Crippen LogP contribution in [0.1, 0.15) is 15.9 Å². The van der Waals surface area contributed by atoms with E-state index in [0.717, 1.165) is 15.4 Å². The molecule has 0 bridgehead atoms. The van der Waals surface area contributed by atoms with E-state index in [2.05, 4.69) is 0 Å². The summed E-state index contributed by atoms with van der Waals surface area (Å²) in [6.07, 6.45) is -0.00234.